The zero-order chi connectivity index (χ0) is 44.6. The normalized spacial score (nSPS) is 12.3. The number of para-hydroxylation sites is 1. The van der Waals surface area contributed by atoms with E-state index in [0.717, 1.165) is 39.6 Å². The number of nitrogens with zero attached hydrogens (tertiary/aromatic N) is 1. The predicted molar refractivity (Wildman–Crippen MR) is 282 cm³/mol. The van der Waals surface area contributed by atoms with E-state index in [1.54, 1.807) is 0 Å². The second-order valence-electron chi connectivity index (χ2n) is 17.3. The quantitative estimate of drug-likeness (QED) is 0.147. The number of rotatable bonds is 10. The molecule has 1 N–H and O–H groups in total. The molecule has 0 aromatic heterocycles. The smallest absolute Gasteiger partial charge is 0.0714 e. The van der Waals surface area contributed by atoms with E-state index in [9.17, 15) is 0 Å². The number of hydrogen-bond donors (Lipinski definition) is 1. The van der Waals surface area contributed by atoms with Gasteiger partial charge in [-0.1, -0.05) is 224 Å². The second kappa shape index (κ2) is 17.0. The van der Waals surface area contributed by atoms with Crippen LogP contribution in [0.3, 0.4) is 0 Å². The van der Waals surface area contributed by atoms with Crippen LogP contribution in [0.5, 0.6) is 0 Å². The van der Waals surface area contributed by atoms with Crippen LogP contribution in [0.2, 0.25) is 0 Å². The number of fused-ring (bicyclic) bond motifs is 4. The Morgan fingerprint density at radius 3 is 1.54 bits per heavy atom. The first kappa shape index (κ1) is 39.8. The molecule has 0 spiro atoms. The first-order valence-electron chi connectivity index (χ1n) is 23.1. The lowest BCUT2D eigenvalue weighted by molar-refractivity contribution is 0.768. The lowest BCUT2D eigenvalue weighted by Gasteiger charge is -2.35. The third kappa shape index (κ3) is 6.99. The maximum atomic E-state index is 3.68. The van der Waals surface area contributed by atoms with E-state index in [4.69, 9.17) is 0 Å². The van der Waals surface area contributed by atoms with E-state index in [-0.39, 0.29) is 0 Å². The molecule has 2 nitrogen and oxygen atoms in total. The van der Waals surface area contributed by atoms with Gasteiger partial charge in [-0.25, -0.2) is 0 Å². The molecule has 0 bridgehead atoms. The van der Waals surface area contributed by atoms with Gasteiger partial charge in [-0.2, -0.15) is 0 Å². The van der Waals surface area contributed by atoms with E-state index in [2.05, 4.69) is 283 Å². The van der Waals surface area contributed by atoms with Crippen LogP contribution in [-0.2, 0) is 5.41 Å². The fourth-order valence-corrected chi connectivity index (χ4v) is 10.5. The van der Waals surface area contributed by atoms with Crippen LogP contribution in [0.4, 0.5) is 28.4 Å². The van der Waals surface area contributed by atoms with Crippen molar-refractivity contribution in [1.82, 2.24) is 0 Å². The summed E-state index contributed by atoms with van der Waals surface area (Å²) in [6, 6.07) is 99.3. The summed E-state index contributed by atoms with van der Waals surface area (Å²) in [6.45, 7) is 0. The molecule has 1 aliphatic rings. The predicted octanol–water partition coefficient (Wildman–Crippen LogP) is 17.4. The Bertz CT molecular complexity index is 3470. The van der Waals surface area contributed by atoms with E-state index in [1.807, 2.05) is 0 Å². The molecule has 0 fully saturated rings. The van der Waals surface area contributed by atoms with Gasteiger partial charge in [0.2, 0.25) is 0 Å². The average molecular weight is 855 g/mol. The van der Waals surface area contributed by atoms with Crippen LogP contribution in [0.25, 0.3) is 55.3 Å². The molecule has 1 aliphatic carbocycles. The van der Waals surface area contributed by atoms with Crippen molar-refractivity contribution in [3.8, 4) is 44.5 Å². The molecule has 0 aliphatic heterocycles. The summed E-state index contributed by atoms with van der Waals surface area (Å²) in [7, 11) is 0. The Morgan fingerprint density at radius 1 is 0.328 bits per heavy atom. The molecule has 0 saturated heterocycles. The summed E-state index contributed by atoms with van der Waals surface area (Å²) in [5.41, 5.74) is 19.5. The fraction of sp³-hybridized carbons (Fsp3) is 0.0154. The van der Waals surface area contributed by atoms with Crippen LogP contribution in [-0.4, -0.2) is 0 Å². The summed E-state index contributed by atoms with van der Waals surface area (Å²) >= 11 is 0. The first-order chi connectivity index (χ1) is 33.2. The highest BCUT2D eigenvalue weighted by molar-refractivity contribution is 6.05. The standard InChI is InChI=1S/C65H46N2/c1-5-19-48(20-6-1)56-28-16-18-32-62(56)66-53-38-33-46(34-39-53)47-35-40-54(41-36-47)67(63-44-37-49-21-13-14-29-57(49)64(63)50-22-7-2-8-23-50)55-42-43-59-58-30-15-17-31-60(58)65(61(59)45-55,51-24-9-3-10-25-51)52-26-11-4-12-27-52/h1-45,66H. The molecular weight excluding hydrogens is 809 g/mol. The number of nitrogens with one attached hydrogen (secondary N) is 1. The van der Waals surface area contributed by atoms with Crippen molar-refractivity contribution in [3.05, 3.63) is 295 Å². The lowest BCUT2D eigenvalue weighted by Crippen LogP contribution is -2.28. The van der Waals surface area contributed by atoms with Gasteiger partial charge < -0.3 is 10.2 Å². The molecule has 0 unspecified atom stereocenters. The van der Waals surface area contributed by atoms with Crippen molar-refractivity contribution in [2.75, 3.05) is 10.2 Å². The minimum Gasteiger partial charge on any atom is -0.355 e. The average Bonchev–Trinajstić information content (AvgIpc) is 3.70. The van der Waals surface area contributed by atoms with Gasteiger partial charge in [0.1, 0.15) is 0 Å². The van der Waals surface area contributed by atoms with Gasteiger partial charge in [0.05, 0.1) is 11.1 Å². The van der Waals surface area contributed by atoms with Gasteiger partial charge in [0.15, 0.2) is 0 Å². The van der Waals surface area contributed by atoms with Gasteiger partial charge in [-0.05, 0) is 115 Å². The highest BCUT2D eigenvalue weighted by atomic mass is 15.1. The summed E-state index contributed by atoms with van der Waals surface area (Å²) in [5, 5.41) is 6.10. The van der Waals surface area contributed by atoms with E-state index in [0.29, 0.717) is 0 Å². The minimum absolute atomic E-state index is 0.531. The molecule has 2 heteroatoms. The van der Waals surface area contributed by atoms with Crippen molar-refractivity contribution in [2.45, 2.75) is 5.41 Å². The van der Waals surface area contributed by atoms with E-state index in [1.165, 1.54) is 66.4 Å². The molecule has 0 atom stereocenters. The fourth-order valence-electron chi connectivity index (χ4n) is 10.5. The Morgan fingerprint density at radius 2 is 0.851 bits per heavy atom. The van der Waals surface area contributed by atoms with Crippen LogP contribution >= 0.6 is 0 Å². The van der Waals surface area contributed by atoms with E-state index < -0.39 is 5.41 Å². The number of benzene rings is 11. The van der Waals surface area contributed by atoms with E-state index >= 15 is 0 Å². The third-order valence-corrected chi connectivity index (χ3v) is 13.5. The van der Waals surface area contributed by atoms with Gasteiger partial charge in [0, 0.05) is 33.9 Å². The lowest BCUT2D eigenvalue weighted by atomic mass is 9.67. The molecule has 0 saturated carbocycles. The Hall–Kier alpha value is -8.72. The molecule has 316 valence electrons. The maximum absolute atomic E-state index is 3.68. The van der Waals surface area contributed by atoms with Gasteiger partial charge in [-0.3, -0.25) is 0 Å². The Labute approximate surface area is 392 Å². The van der Waals surface area contributed by atoms with Gasteiger partial charge in [0.25, 0.3) is 0 Å². The minimum atomic E-state index is -0.531. The molecule has 12 rings (SSSR count). The summed E-state index contributed by atoms with van der Waals surface area (Å²) in [5.74, 6) is 0. The van der Waals surface area contributed by atoms with Crippen LogP contribution in [0.15, 0.2) is 273 Å². The zero-order valence-electron chi connectivity index (χ0n) is 36.9. The molecule has 0 radical (unpaired) electrons. The SMILES string of the molecule is c1ccc(-c2ccccc2Nc2ccc(-c3ccc(N(c4ccc5c(c4)C(c4ccccc4)(c4ccccc4)c4ccccc4-5)c4ccc5ccccc5c4-c4ccccc4)cc3)cc2)cc1. The molecule has 67 heavy (non-hydrogen) atoms. The van der Waals surface area contributed by atoms with Crippen molar-refractivity contribution in [3.63, 3.8) is 0 Å². The summed E-state index contributed by atoms with van der Waals surface area (Å²) in [6.07, 6.45) is 0. The number of anilines is 5. The van der Waals surface area contributed by atoms with Crippen molar-refractivity contribution in [1.29, 1.82) is 0 Å². The Kier molecular flexibility index (Phi) is 10.1. The molecule has 11 aromatic rings. The zero-order valence-corrected chi connectivity index (χ0v) is 36.9. The largest absolute Gasteiger partial charge is 0.355 e. The molecule has 0 heterocycles. The second-order valence-corrected chi connectivity index (χ2v) is 17.3. The van der Waals surface area contributed by atoms with Gasteiger partial charge in [-0.15, -0.1) is 0 Å². The summed E-state index contributed by atoms with van der Waals surface area (Å²) < 4.78 is 0. The van der Waals surface area contributed by atoms with Crippen LogP contribution < -0.4 is 10.2 Å². The highest BCUT2D eigenvalue weighted by Crippen LogP contribution is 2.57. The third-order valence-electron chi connectivity index (χ3n) is 13.5. The van der Waals surface area contributed by atoms with Crippen molar-refractivity contribution >= 4 is 39.2 Å². The molecular formula is C65H46N2. The van der Waals surface area contributed by atoms with Gasteiger partial charge >= 0.3 is 0 Å². The van der Waals surface area contributed by atoms with Crippen molar-refractivity contribution < 1.29 is 0 Å². The maximum Gasteiger partial charge on any atom is 0.0714 e. The topological polar surface area (TPSA) is 15.3 Å². The van der Waals surface area contributed by atoms with Crippen LogP contribution in [0.1, 0.15) is 22.3 Å². The molecule has 11 aromatic carbocycles. The molecule has 0 amide bonds. The van der Waals surface area contributed by atoms with Crippen molar-refractivity contribution in [2.24, 2.45) is 0 Å². The monoisotopic (exact) mass is 854 g/mol. The summed E-state index contributed by atoms with van der Waals surface area (Å²) in [4.78, 5) is 2.47. The highest BCUT2D eigenvalue weighted by Gasteiger charge is 2.46. The first-order valence-corrected chi connectivity index (χ1v) is 23.1. The van der Waals surface area contributed by atoms with Crippen LogP contribution in [0, 0.1) is 0 Å². The Balaban J connectivity index is 1.01. The number of hydrogen-bond acceptors (Lipinski definition) is 2.